The van der Waals surface area contributed by atoms with Crippen molar-refractivity contribution < 1.29 is 9.18 Å². The molecule has 4 rings (SSSR count). The lowest BCUT2D eigenvalue weighted by molar-refractivity contribution is 0.0952. The van der Waals surface area contributed by atoms with Crippen molar-refractivity contribution in [2.75, 3.05) is 6.54 Å². The molecule has 1 amide bonds. The second-order valence-electron chi connectivity index (χ2n) is 6.68. The van der Waals surface area contributed by atoms with Gasteiger partial charge in [-0.15, -0.1) is 0 Å². The van der Waals surface area contributed by atoms with Gasteiger partial charge in [-0.2, -0.15) is 5.10 Å². The number of carbonyl (C=O) groups is 1. The molecule has 0 radical (unpaired) electrons. The Labute approximate surface area is 175 Å². The van der Waals surface area contributed by atoms with Crippen LogP contribution in [0.3, 0.4) is 0 Å². The molecule has 9 heteroatoms. The normalized spacial score (nSPS) is 11.0. The van der Waals surface area contributed by atoms with E-state index in [-0.39, 0.29) is 23.8 Å². The minimum atomic E-state index is -0.330. The average molecular weight is 426 g/mol. The molecule has 0 spiro atoms. The molecule has 0 aliphatic carbocycles. The third-order valence-corrected chi connectivity index (χ3v) is 4.82. The summed E-state index contributed by atoms with van der Waals surface area (Å²) < 4.78 is 16.1. The lowest BCUT2D eigenvalue weighted by Crippen LogP contribution is -2.27. The van der Waals surface area contributed by atoms with Gasteiger partial charge in [0.25, 0.3) is 11.5 Å². The van der Waals surface area contributed by atoms with Crippen LogP contribution in [0.15, 0.2) is 65.8 Å². The standard InChI is InChI=1S/C21H17ClFN5O2/c22-16-3-1-2-15(10-16)20(29)24-8-9-28-19-18(11-26-28)21(30)27(13-25-19)12-14-4-6-17(23)7-5-14/h1-7,10-11,13H,8-9,12H2,(H,24,29). The number of rotatable bonds is 6. The molecule has 2 aromatic carbocycles. The lowest BCUT2D eigenvalue weighted by Gasteiger charge is -2.08. The molecule has 4 aromatic rings. The Hall–Kier alpha value is -3.52. The summed E-state index contributed by atoms with van der Waals surface area (Å²) in [7, 11) is 0. The first-order valence-corrected chi connectivity index (χ1v) is 9.58. The number of aromatic nitrogens is 4. The van der Waals surface area contributed by atoms with Gasteiger partial charge in [-0.05, 0) is 35.9 Å². The summed E-state index contributed by atoms with van der Waals surface area (Å²) in [6, 6.07) is 12.6. The smallest absolute Gasteiger partial charge is 0.264 e. The summed E-state index contributed by atoms with van der Waals surface area (Å²) >= 11 is 5.90. The Balaban J connectivity index is 1.45. The van der Waals surface area contributed by atoms with Crippen molar-refractivity contribution in [1.29, 1.82) is 0 Å². The molecule has 0 unspecified atom stereocenters. The topological polar surface area (TPSA) is 81.8 Å². The molecule has 0 aliphatic rings. The molecule has 0 saturated carbocycles. The van der Waals surface area contributed by atoms with Crippen LogP contribution in [-0.2, 0) is 13.1 Å². The third kappa shape index (κ3) is 4.23. The van der Waals surface area contributed by atoms with E-state index >= 15 is 0 Å². The molecule has 152 valence electrons. The van der Waals surface area contributed by atoms with Gasteiger partial charge in [-0.3, -0.25) is 14.2 Å². The average Bonchev–Trinajstić information content (AvgIpc) is 3.15. The van der Waals surface area contributed by atoms with Gasteiger partial charge in [0.05, 0.1) is 19.3 Å². The summed E-state index contributed by atoms with van der Waals surface area (Å²) in [6.07, 6.45) is 2.90. The van der Waals surface area contributed by atoms with E-state index in [1.165, 1.54) is 29.2 Å². The van der Waals surface area contributed by atoms with Crippen molar-refractivity contribution in [2.45, 2.75) is 13.1 Å². The molecule has 30 heavy (non-hydrogen) atoms. The molecular weight excluding hydrogens is 409 g/mol. The van der Waals surface area contributed by atoms with Crippen molar-refractivity contribution >= 4 is 28.5 Å². The van der Waals surface area contributed by atoms with E-state index in [9.17, 15) is 14.0 Å². The van der Waals surface area contributed by atoms with E-state index in [0.717, 1.165) is 5.56 Å². The highest BCUT2D eigenvalue weighted by atomic mass is 35.5. The van der Waals surface area contributed by atoms with Gasteiger partial charge in [0, 0.05) is 17.1 Å². The highest BCUT2D eigenvalue weighted by molar-refractivity contribution is 6.30. The maximum absolute atomic E-state index is 13.1. The van der Waals surface area contributed by atoms with Crippen molar-refractivity contribution in [3.8, 4) is 0 Å². The second kappa shape index (κ2) is 8.46. The van der Waals surface area contributed by atoms with Crippen LogP contribution >= 0.6 is 11.6 Å². The first-order chi connectivity index (χ1) is 14.5. The monoisotopic (exact) mass is 425 g/mol. The van der Waals surface area contributed by atoms with Crippen molar-refractivity contribution in [2.24, 2.45) is 0 Å². The quantitative estimate of drug-likeness (QED) is 0.515. The van der Waals surface area contributed by atoms with Gasteiger partial charge in [0.2, 0.25) is 0 Å². The van der Waals surface area contributed by atoms with Crippen molar-refractivity contribution in [3.63, 3.8) is 0 Å². The van der Waals surface area contributed by atoms with E-state index in [0.29, 0.717) is 34.7 Å². The van der Waals surface area contributed by atoms with Crippen LogP contribution in [0.1, 0.15) is 15.9 Å². The fourth-order valence-corrected chi connectivity index (χ4v) is 3.26. The number of carbonyl (C=O) groups excluding carboxylic acids is 1. The van der Waals surface area contributed by atoms with E-state index < -0.39 is 0 Å². The van der Waals surface area contributed by atoms with Gasteiger partial charge in [0.15, 0.2) is 5.65 Å². The maximum Gasteiger partial charge on any atom is 0.264 e. The molecule has 1 N–H and O–H groups in total. The van der Waals surface area contributed by atoms with Gasteiger partial charge < -0.3 is 5.32 Å². The Morgan fingerprint density at radius 2 is 1.97 bits per heavy atom. The van der Waals surface area contributed by atoms with Crippen LogP contribution < -0.4 is 10.9 Å². The summed E-state index contributed by atoms with van der Waals surface area (Å²) in [5.74, 6) is -0.577. The Morgan fingerprint density at radius 3 is 2.73 bits per heavy atom. The molecule has 2 aromatic heterocycles. The first-order valence-electron chi connectivity index (χ1n) is 9.20. The molecule has 0 bridgehead atoms. The van der Waals surface area contributed by atoms with Gasteiger partial charge in [-0.1, -0.05) is 29.8 Å². The summed E-state index contributed by atoms with van der Waals surface area (Å²) in [5.41, 5.74) is 1.45. The van der Waals surface area contributed by atoms with E-state index in [1.54, 1.807) is 41.1 Å². The van der Waals surface area contributed by atoms with Crippen LogP contribution in [0, 0.1) is 5.82 Å². The van der Waals surface area contributed by atoms with Crippen LogP contribution in [-0.4, -0.2) is 31.8 Å². The van der Waals surface area contributed by atoms with E-state index in [1.807, 2.05) is 0 Å². The van der Waals surface area contributed by atoms with Crippen molar-refractivity contribution in [1.82, 2.24) is 24.6 Å². The minimum Gasteiger partial charge on any atom is -0.350 e. The Kier molecular flexibility index (Phi) is 5.58. The van der Waals surface area contributed by atoms with Crippen LogP contribution in [0.4, 0.5) is 4.39 Å². The summed E-state index contributed by atoms with van der Waals surface area (Å²) in [4.78, 5) is 29.3. The van der Waals surface area contributed by atoms with Gasteiger partial charge in [-0.25, -0.2) is 14.1 Å². The molecule has 2 heterocycles. The highest BCUT2D eigenvalue weighted by Crippen LogP contribution is 2.11. The van der Waals surface area contributed by atoms with Crippen molar-refractivity contribution in [3.05, 3.63) is 93.4 Å². The predicted octanol–water partition coefficient (Wildman–Crippen LogP) is 2.86. The zero-order chi connectivity index (χ0) is 21.1. The lowest BCUT2D eigenvalue weighted by atomic mass is 10.2. The fraction of sp³-hybridized carbons (Fsp3) is 0.143. The minimum absolute atomic E-state index is 0.237. The third-order valence-electron chi connectivity index (χ3n) is 4.58. The molecule has 0 aliphatic heterocycles. The number of hydrogen-bond donors (Lipinski definition) is 1. The number of nitrogens with one attached hydrogen (secondary N) is 1. The SMILES string of the molecule is O=C(NCCn1ncc2c(=O)n(Cc3ccc(F)cc3)cnc21)c1cccc(Cl)c1. The summed E-state index contributed by atoms with van der Waals surface area (Å²) in [5, 5.41) is 7.87. The maximum atomic E-state index is 13.1. The zero-order valence-corrected chi connectivity index (χ0v) is 16.5. The molecular formula is C21H17ClFN5O2. The number of fused-ring (bicyclic) bond motifs is 1. The van der Waals surface area contributed by atoms with E-state index in [4.69, 9.17) is 11.6 Å². The highest BCUT2D eigenvalue weighted by Gasteiger charge is 2.11. The molecule has 0 fully saturated rings. The predicted molar refractivity (Wildman–Crippen MR) is 111 cm³/mol. The number of amides is 1. The molecule has 0 saturated heterocycles. The second-order valence-corrected chi connectivity index (χ2v) is 7.11. The molecule has 0 atom stereocenters. The zero-order valence-electron chi connectivity index (χ0n) is 15.8. The number of halogens is 2. The van der Waals surface area contributed by atoms with Crippen LogP contribution in [0.25, 0.3) is 11.0 Å². The number of hydrogen-bond acceptors (Lipinski definition) is 4. The van der Waals surface area contributed by atoms with Gasteiger partial charge >= 0.3 is 0 Å². The van der Waals surface area contributed by atoms with Crippen LogP contribution in [0.5, 0.6) is 0 Å². The number of benzene rings is 2. The van der Waals surface area contributed by atoms with Gasteiger partial charge in [0.1, 0.15) is 17.5 Å². The van der Waals surface area contributed by atoms with E-state index in [2.05, 4.69) is 15.4 Å². The Bertz CT molecular complexity index is 1270. The fourth-order valence-electron chi connectivity index (χ4n) is 3.07. The summed E-state index contributed by atoms with van der Waals surface area (Å²) in [6.45, 7) is 0.940. The molecule has 7 nitrogen and oxygen atoms in total. The largest absolute Gasteiger partial charge is 0.350 e. The first kappa shape index (κ1) is 19.8. The Morgan fingerprint density at radius 1 is 1.17 bits per heavy atom. The number of nitrogens with zero attached hydrogens (tertiary/aromatic N) is 4. The van der Waals surface area contributed by atoms with Crippen LogP contribution in [0.2, 0.25) is 5.02 Å².